The van der Waals surface area contributed by atoms with Crippen molar-refractivity contribution in [3.8, 4) is 0 Å². The lowest BCUT2D eigenvalue weighted by Crippen LogP contribution is -1.71. The van der Waals surface area contributed by atoms with E-state index in [4.69, 9.17) is 0 Å². The Hall–Kier alpha value is -0.335. The fraction of sp³-hybridized carbons (Fsp3) is 1.00. The zero-order chi connectivity index (χ0) is 4.41. The summed E-state index contributed by atoms with van der Waals surface area (Å²) in [5.74, 6) is 0.544. The number of rotatable bonds is 2. The van der Waals surface area contributed by atoms with Crippen LogP contribution in [0, 0.1) is 4.91 Å². The maximum atomic E-state index is 9.39. The van der Waals surface area contributed by atoms with Gasteiger partial charge in [0.25, 0.3) is 0 Å². The van der Waals surface area contributed by atoms with E-state index in [0.717, 1.165) is 6.32 Å². The zero-order valence-corrected chi connectivity index (χ0v) is 3.42. The molecule has 0 bridgehead atoms. The molecule has 2 nitrogen and oxygen atoms in total. The molecule has 3 heteroatoms. The maximum Gasteiger partial charge on any atom is 0.114 e. The highest BCUT2D eigenvalue weighted by atomic mass is 16.3. The Kier molecular flexibility index (Phi) is 0.903. The third-order valence-corrected chi connectivity index (χ3v) is 0.878. The third-order valence-electron chi connectivity index (χ3n) is 0.878. The molecule has 0 aromatic heterocycles. The minimum atomic E-state index is 0.500. The predicted octanol–water partition coefficient (Wildman–Crippen LogP) is 0.677. The Bertz CT molecular complexity index is 61.8. The number of hydrogen-bond donors (Lipinski definition) is 0. The second-order valence-electron chi connectivity index (χ2n) is 1.54. The van der Waals surface area contributed by atoms with Crippen LogP contribution in [-0.4, -0.2) is 13.8 Å². The standard InChI is InChI=1S/C3H5BNO/c6-5-2-3-1-4-3/h3H,1-2H2. The molecule has 1 saturated heterocycles. The van der Waals surface area contributed by atoms with E-state index in [1.54, 1.807) is 0 Å². The molecule has 0 aromatic carbocycles. The van der Waals surface area contributed by atoms with Crippen molar-refractivity contribution >= 4 is 7.28 Å². The molecule has 31 valence electrons. The summed E-state index contributed by atoms with van der Waals surface area (Å²) < 4.78 is 0. The summed E-state index contributed by atoms with van der Waals surface area (Å²) in [4.78, 5) is 9.39. The van der Waals surface area contributed by atoms with E-state index in [-0.39, 0.29) is 0 Å². The van der Waals surface area contributed by atoms with Gasteiger partial charge in [-0.2, -0.15) is 4.91 Å². The van der Waals surface area contributed by atoms with E-state index in [1.165, 1.54) is 0 Å². The topological polar surface area (TPSA) is 29.4 Å². The molecular formula is C3H5BNO. The van der Waals surface area contributed by atoms with E-state index >= 15 is 0 Å². The Morgan fingerprint density at radius 1 is 2.00 bits per heavy atom. The fourth-order valence-corrected chi connectivity index (χ4v) is 0.341. The quantitative estimate of drug-likeness (QED) is 0.355. The highest BCUT2D eigenvalue weighted by Gasteiger charge is 2.22. The van der Waals surface area contributed by atoms with Gasteiger partial charge in [0.05, 0.1) is 6.54 Å². The Labute approximate surface area is 37.1 Å². The first-order chi connectivity index (χ1) is 2.93. The average Bonchev–Trinajstić information content (AvgIpc) is 2.21. The van der Waals surface area contributed by atoms with Crippen molar-refractivity contribution in [3.05, 3.63) is 4.91 Å². The summed E-state index contributed by atoms with van der Waals surface area (Å²) in [6.07, 6.45) is 1.10. The molecule has 1 aliphatic heterocycles. The van der Waals surface area contributed by atoms with Crippen LogP contribution in [0.4, 0.5) is 0 Å². The molecule has 1 fully saturated rings. The number of hydrogen-bond acceptors (Lipinski definition) is 2. The molecule has 0 aromatic rings. The van der Waals surface area contributed by atoms with Crippen molar-refractivity contribution in [1.29, 1.82) is 0 Å². The highest BCUT2D eigenvalue weighted by molar-refractivity contribution is 6.51. The summed E-state index contributed by atoms with van der Waals surface area (Å²) in [6.45, 7) is 0.500. The molecule has 1 atom stereocenters. The van der Waals surface area contributed by atoms with Crippen molar-refractivity contribution in [3.63, 3.8) is 0 Å². The molecular weight excluding hydrogens is 76.9 g/mol. The summed E-state index contributed by atoms with van der Waals surface area (Å²) >= 11 is 0. The van der Waals surface area contributed by atoms with Crippen molar-refractivity contribution < 1.29 is 0 Å². The van der Waals surface area contributed by atoms with Gasteiger partial charge in [0, 0.05) is 0 Å². The first-order valence-corrected chi connectivity index (χ1v) is 2.06. The molecule has 0 aliphatic carbocycles. The van der Waals surface area contributed by atoms with Gasteiger partial charge in [-0.3, -0.25) is 0 Å². The minimum absolute atomic E-state index is 0.500. The molecule has 0 spiro atoms. The predicted molar refractivity (Wildman–Crippen MR) is 25.0 cm³/mol. The van der Waals surface area contributed by atoms with E-state index in [0.29, 0.717) is 12.4 Å². The largest absolute Gasteiger partial charge is 0.151 e. The summed E-state index contributed by atoms with van der Waals surface area (Å²) in [5.41, 5.74) is 0. The van der Waals surface area contributed by atoms with Crippen LogP contribution in [-0.2, 0) is 0 Å². The lowest BCUT2D eigenvalue weighted by atomic mass is 10.0. The Morgan fingerprint density at radius 3 is 2.83 bits per heavy atom. The SMILES string of the molecule is O=NCC1[B]C1. The first kappa shape index (κ1) is 3.84. The van der Waals surface area contributed by atoms with E-state index in [2.05, 4.69) is 12.5 Å². The maximum absolute atomic E-state index is 9.39. The van der Waals surface area contributed by atoms with Crippen LogP contribution in [0.5, 0.6) is 0 Å². The minimum Gasteiger partial charge on any atom is -0.151 e. The van der Waals surface area contributed by atoms with Gasteiger partial charge in [0.2, 0.25) is 0 Å². The van der Waals surface area contributed by atoms with Crippen molar-refractivity contribution in [2.45, 2.75) is 12.1 Å². The summed E-state index contributed by atoms with van der Waals surface area (Å²) in [7, 11) is 2.08. The van der Waals surface area contributed by atoms with Crippen molar-refractivity contribution in [2.24, 2.45) is 5.18 Å². The molecule has 1 aliphatic rings. The van der Waals surface area contributed by atoms with Crippen LogP contribution in [0.25, 0.3) is 0 Å². The van der Waals surface area contributed by atoms with E-state index in [1.807, 2.05) is 0 Å². The Morgan fingerprint density at radius 2 is 2.67 bits per heavy atom. The van der Waals surface area contributed by atoms with Crippen LogP contribution in [0.15, 0.2) is 5.18 Å². The van der Waals surface area contributed by atoms with Crippen molar-refractivity contribution in [1.82, 2.24) is 0 Å². The molecule has 0 N–H and O–H groups in total. The smallest absolute Gasteiger partial charge is 0.114 e. The van der Waals surface area contributed by atoms with Gasteiger partial charge in [0.15, 0.2) is 0 Å². The molecule has 6 heavy (non-hydrogen) atoms. The molecule has 1 heterocycles. The lowest BCUT2D eigenvalue weighted by molar-refractivity contribution is 0.997. The van der Waals surface area contributed by atoms with Gasteiger partial charge < -0.3 is 0 Å². The lowest BCUT2D eigenvalue weighted by Gasteiger charge is -1.73. The third kappa shape index (κ3) is 0.811. The zero-order valence-electron chi connectivity index (χ0n) is 3.42. The molecule has 1 rings (SSSR count). The average molecular weight is 81.9 g/mol. The normalized spacial score (nSPS) is 28.3. The molecule has 0 saturated carbocycles. The summed E-state index contributed by atoms with van der Waals surface area (Å²) in [6, 6.07) is 0. The highest BCUT2D eigenvalue weighted by Crippen LogP contribution is 2.26. The first-order valence-electron chi connectivity index (χ1n) is 2.06. The van der Waals surface area contributed by atoms with Gasteiger partial charge in [0.1, 0.15) is 7.28 Å². The second-order valence-corrected chi connectivity index (χ2v) is 1.54. The summed E-state index contributed by atoms with van der Waals surface area (Å²) in [5, 5.41) is 2.72. The van der Waals surface area contributed by atoms with Gasteiger partial charge in [-0.1, -0.05) is 17.3 Å². The fourth-order valence-electron chi connectivity index (χ4n) is 0.341. The Balaban J connectivity index is 2.00. The van der Waals surface area contributed by atoms with Crippen LogP contribution in [0.1, 0.15) is 0 Å². The second kappa shape index (κ2) is 1.41. The van der Waals surface area contributed by atoms with Crippen LogP contribution in [0.3, 0.4) is 0 Å². The van der Waals surface area contributed by atoms with Gasteiger partial charge in [-0.25, -0.2) is 0 Å². The molecule has 1 unspecified atom stereocenters. The molecule has 0 amide bonds. The van der Waals surface area contributed by atoms with Crippen LogP contribution >= 0.6 is 0 Å². The van der Waals surface area contributed by atoms with Crippen LogP contribution in [0.2, 0.25) is 12.1 Å². The van der Waals surface area contributed by atoms with E-state index < -0.39 is 0 Å². The monoisotopic (exact) mass is 82.0 g/mol. The van der Waals surface area contributed by atoms with Gasteiger partial charge in [-0.05, 0) is 0 Å². The molecule has 1 radical (unpaired) electrons. The number of nitrogens with zero attached hydrogens (tertiary/aromatic N) is 1. The van der Waals surface area contributed by atoms with Crippen LogP contribution < -0.4 is 0 Å². The van der Waals surface area contributed by atoms with E-state index in [9.17, 15) is 4.91 Å². The van der Waals surface area contributed by atoms with Gasteiger partial charge >= 0.3 is 0 Å². The number of nitroso groups, excluding NO2 is 1. The van der Waals surface area contributed by atoms with Gasteiger partial charge in [-0.15, -0.1) is 0 Å². The van der Waals surface area contributed by atoms with Crippen molar-refractivity contribution in [2.75, 3.05) is 6.54 Å².